The standard InChI is InChI=1S/C23H21BrFN3O2S/c1-3-28-22(29)20(26(2)23(28)31)12-15-14-27(19-9-8-16(24)13-17(15)19)10-11-30-21-7-5-4-6-18(21)25/h4-9,12-14H,3,10-11H2,1-2H3/b20-12-. The number of para-hydroxylation sites is 1. The predicted octanol–water partition coefficient (Wildman–Crippen LogP) is 5.04. The van der Waals surface area contributed by atoms with Crippen LogP contribution in [0.5, 0.6) is 5.75 Å². The second kappa shape index (κ2) is 8.80. The van der Waals surface area contributed by atoms with Crippen LogP contribution in [0.4, 0.5) is 4.39 Å². The molecule has 160 valence electrons. The van der Waals surface area contributed by atoms with Gasteiger partial charge in [0.2, 0.25) is 0 Å². The Labute approximate surface area is 193 Å². The summed E-state index contributed by atoms with van der Waals surface area (Å²) in [5.74, 6) is -0.252. The van der Waals surface area contributed by atoms with E-state index >= 15 is 0 Å². The van der Waals surface area contributed by atoms with Crippen LogP contribution in [-0.2, 0) is 11.3 Å². The molecule has 0 radical (unpaired) electrons. The molecule has 0 atom stereocenters. The molecule has 1 aliphatic heterocycles. The average molecular weight is 502 g/mol. The Morgan fingerprint density at radius 2 is 2.00 bits per heavy atom. The molecule has 0 spiro atoms. The minimum Gasteiger partial charge on any atom is -0.489 e. The zero-order chi connectivity index (χ0) is 22.1. The third kappa shape index (κ3) is 4.09. The molecular formula is C23H21BrFN3O2S. The highest BCUT2D eigenvalue weighted by molar-refractivity contribution is 9.10. The first-order valence-electron chi connectivity index (χ1n) is 9.87. The molecule has 0 bridgehead atoms. The normalized spacial score (nSPS) is 15.5. The van der Waals surface area contributed by atoms with Gasteiger partial charge in [0.1, 0.15) is 12.3 Å². The maximum Gasteiger partial charge on any atom is 0.276 e. The van der Waals surface area contributed by atoms with Gasteiger partial charge < -0.3 is 14.2 Å². The van der Waals surface area contributed by atoms with E-state index in [0.29, 0.717) is 30.5 Å². The highest BCUT2D eigenvalue weighted by atomic mass is 79.9. The largest absolute Gasteiger partial charge is 0.489 e. The molecular weight excluding hydrogens is 481 g/mol. The maximum atomic E-state index is 13.8. The van der Waals surface area contributed by atoms with Crippen molar-refractivity contribution in [1.29, 1.82) is 0 Å². The lowest BCUT2D eigenvalue weighted by Crippen LogP contribution is -2.30. The summed E-state index contributed by atoms with van der Waals surface area (Å²) in [5.41, 5.74) is 2.43. The summed E-state index contributed by atoms with van der Waals surface area (Å²) in [4.78, 5) is 16.1. The molecule has 8 heteroatoms. The summed E-state index contributed by atoms with van der Waals surface area (Å²) in [5, 5.41) is 1.50. The van der Waals surface area contributed by atoms with Crippen LogP contribution in [0, 0.1) is 5.82 Å². The van der Waals surface area contributed by atoms with Gasteiger partial charge in [0.25, 0.3) is 5.91 Å². The van der Waals surface area contributed by atoms with Crippen LogP contribution in [0.15, 0.2) is 58.8 Å². The molecule has 0 unspecified atom stereocenters. The van der Waals surface area contributed by atoms with Crippen LogP contribution in [0.25, 0.3) is 17.0 Å². The van der Waals surface area contributed by atoms with Crippen molar-refractivity contribution >= 4 is 56.1 Å². The molecule has 4 rings (SSSR count). The molecule has 31 heavy (non-hydrogen) atoms. The summed E-state index contributed by atoms with van der Waals surface area (Å²) < 4.78 is 22.4. The average Bonchev–Trinajstić information content (AvgIpc) is 3.19. The van der Waals surface area contributed by atoms with E-state index in [2.05, 4.69) is 15.9 Å². The minimum atomic E-state index is -0.381. The van der Waals surface area contributed by atoms with Gasteiger partial charge in [-0.2, -0.15) is 0 Å². The molecule has 1 fully saturated rings. The topological polar surface area (TPSA) is 37.7 Å². The molecule has 5 nitrogen and oxygen atoms in total. The Morgan fingerprint density at radius 3 is 2.71 bits per heavy atom. The molecule has 0 N–H and O–H groups in total. The van der Waals surface area contributed by atoms with Gasteiger partial charge in [-0.1, -0.05) is 28.1 Å². The fourth-order valence-electron chi connectivity index (χ4n) is 3.65. The van der Waals surface area contributed by atoms with E-state index in [1.807, 2.05) is 42.0 Å². The Kier molecular flexibility index (Phi) is 6.11. The van der Waals surface area contributed by atoms with E-state index in [4.69, 9.17) is 17.0 Å². The Bertz CT molecular complexity index is 1210. The van der Waals surface area contributed by atoms with Crippen molar-refractivity contribution in [2.45, 2.75) is 13.5 Å². The van der Waals surface area contributed by atoms with Crippen molar-refractivity contribution in [1.82, 2.24) is 14.4 Å². The molecule has 1 aromatic heterocycles. The fraction of sp³-hybridized carbons (Fsp3) is 0.217. The van der Waals surface area contributed by atoms with Gasteiger partial charge in [-0.25, -0.2) is 4.39 Å². The van der Waals surface area contributed by atoms with Crippen molar-refractivity contribution in [3.05, 3.63) is 70.2 Å². The number of halogens is 2. The quantitative estimate of drug-likeness (QED) is 0.350. The number of hydrogen-bond donors (Lipinski definition) is 0. The zero-order valence-corrected chi connectivity index (χ0v) is 19.5. The number of nitrogens with zero attached hydrogens (tertiary/aromatic N) is 3. The fourth-order valence-corrected chi connectivity index (χ4v) is 4.32. The van der Waals surface area contributed by atoms with Crippen molar-refractivity contribution < 1.29 is 13.9 Å². The van der Waals surface area contributed by atoms with E-state index in [1.165, 1.54) is 6.07 Å². The van der Waals surface area contributed by atoms with Crippen LogP contribution in [-0.4, -0.2) is 45.6 Å². The number of fused-ring (bicyclic) bond motifs is 1. The zero-order valence-electron chi connectivity index (χ0n) is 17.1. The smallest absolute Gasteiger partial charge is 0.276 e. The molecule has 1 amide bonds. The highest BCUT2D eigenvalue weighted by Gasteiger charge is 2.34. The Balaban J connectivity index is 1.66. The molecule has 0 aliphatic carbocycles. The number of likely N-dealkylation sites (N-methyl/N-ethyl adjacent to an activating group) is 2. The van der Waals surface area contributed by atoms with E-state index in [9.17, 15) is 9.18 Å². The van der Waals surface area contributed by atoms with Crippen LogP contribution in [0.1, 0.15) is 12.5 Å². The van der Waals surface area contributed by atoms with Crippen LogP contribution in [0.3, 0.4) is 0 Å². The summed E-state index contributed by atoms with van der Waals surface area (Å²) in [6.45, 7) is 3.27. The Morgan fingerprint density at radius 1 is 1.23 bits per heavy atom. The van der Waals surface area contributed by atoms with E-state index in [0.717, 1.165) is 20.9 Å². The SMILES string of the molecule is CCN1C(=O)/C(=C/c2cn(CCOc3ccccc3F)c3ccc(Br)cc23)N(C)C1=S. The molecule has 0 saturated carbocycles. The van der Waals surface area contributed by atoms with E-state index < -0.39 is 0 Å². The number of aromatic nitrogens is 1. The summed E-state index contributed by atoms with van der Waals surface area (Å²) >= 11 is 8.93. The van der Waals surface area contributed by atoms with Crippen LogP contribution >= 0.6 is 28.1 Å². The number of rotatable bonds is 6. The summed E-state index contributed by atoms with van der Waals surface area (Å²) in [7, 11) is 1.80. The number of carbonyl (C=O) groups is 1. The second-order valence-corrected chi connectivity index (χ2v) is 8.42. The first kappa shape index (κ1) is 21.5. The monoisotopic (exact) mass is 501 g/mol. The van der Waals surface area contributed by atoms with Crippen LogP contribution < -0.4 is 4.74 Å². The molecule has 1 saturated heterocycles. The number of amides is 1. The number of benzene rings is 2. The van der Waals surface area contributed by atoms with Gasteiger partial charge in [-0.05, 0) is 55.5 Å². The van der Waals surface area contributed by atoms with Gasteiger partial charge in [0, 0.05) is 40.7 Å². The van der Waals surface area contributed by atoms with Gasteiger partial charge in [0.15, 0.2) is 16.7 Å². The maximum absolute atomic E-state index is 13.8. The van der Waals surface area contributed by atoms with Gasteiger partial charge >= 0.3 is 0 Å². The number of carbonyl (C=O) groups excluding carboxylic acids is 1. The lowest BCUT2D eigenvalue weighted by atomic mass is 10.1. The molecule has 3 aromatic rings. The lowest BCUT2D eigenvalue weighted by Gasteiger charge is -2.13. The van der Waals surface area contributed by atoms with Crippen molar-refractivity contribution in [2.24, 2.45) is 0 Å². The lowest BCUT2D eigenvalue weighted by molar-refractivity contribution is -0.122. The summed E-state index contributed by atoms with van der Waals surface area (Å²) in [6.07, 6.45) is 3.85. The van der Waals surface area contributed by atoms with Gasteiger partial charge in [-0.3, -0.25) is 9.69 Å². The molecule has 2 aromatic carbocycles. The van der Waals surface area contributed by atoms with Gasteiger partial charge in [-0.15, -0.1) is 0 Å². The van der Waals surface area contributed by atoms with Gasteiger partial charge in [0.05, 0.1) is 6.54 Å². The molecule has 2 heterocycles. The first-order chi connectivity index (χ1) is 14.9. The van der Waals surface area contributed by atoms with E-state index in [1.54, 1.807) is 35.0 Å². The third-order valence-electron chi connectivity index (χ3n) is 5.25. The van der Waals surface area contributed by atoms with Crippen molar-refractivity contribution in [3.63, 3.8) is 0 Å². The molecule has 1 aliphatic rings. The van der Waals surface area contributed by atoms with Crippen LogP contribution in [0.2, 0.25) is 0 Å². The number of hydrogen-bond acceptors (Lipinski definition) is 3. The van der Waals surface area contributed by atoms with Crippen molar-refractivity contribution in [3.8, 4) is 5.75 Å². The predicted molar refractivity (Wildman–Crippen MR) is 127 cm³/mol. The minimum absolute atomic E-state index is 0.103. The van der Waals surface area contributed by atoms with E-state index in [-0.39, 0.29) is 17.5 Å². The Hall–Kier alpha value is -2.71. The first-order valence-corrected chi connectivity index (χ1v) is 11.1. The number of thiocarbonyl (C=S) groups is 1. The van der Waals surface area contributed by atoms with Crippen molar-refractivity contribution in [2.75, 3.05) is 20.2 Å². The highest BCUT2D eigenvalue weighted by Crippen LogP contribution is 2.29. The number of ether oxygens (including phenoxy) is 1. The second-order valence-electron chi connectivity index (χ2n) is 7.14. The third-order valence-corrected chi connectivity index (χ3v) is 6.24. The summed E-state index contributed by atoms with van der Waals surface area (Å²) in [6, 6.07) is 12.4.